The maximum Gasteiger partial charge on any atom is 0.295 e. The molecule has 5 nitrogen and oxygen atoms in total. The molecule has 5 heteroatoms. The Labute approximate surface area is 216 Å². The lowest BCUT2D eigenvalue weighted by Gasteiger charge is -2.27. The summed E-state index contributed by atoms with van der Waals surface area (Å²) in [6.07, 6.45) is 6.33. The van der Waals surface area contributed by atoms with Gasteiger partial charge in [-0.1, -0.05) is 87.7 Å². The van der Waals surface area contributed by atoms with E-state index in [1.54, 1.807) is 17.0 Å². The number of rotatable bonds is 13. The minimum absolute atomic E-state index is 0.104. The van der Waals surface area contributed by atoms with Crippen LogP contribution in [0.25, 0.3) is 5.76 Å². The summed E-state index contributed by atoms with van der Waals surface area (Å²) in [4.78, 5) is 30.7. The van der Waals surface area contributed by atoms with E-state index in [0.717, 1.165) is 69.3 Å². The largest absolute Gasteiger partial charge is 0.507 e. The van der Waals surface area contributed by atoms with Crippen molar-refractivity contribution in [3.05, 3.63) is 76.4 Å². The van der Waals surface area contributed by atoms with E-state index >= 15 is 0 Å². The van der Waals surface area contributed by atoms with Crippen LogP contribution in [0.4, 0.5) is 0 Å². The maximum absolute atomic E-state index is 13.3. The summed E-state index contributed by atoms with van der Waals surface area (Å²) in [5.41, 5.74) is 3.85. The van der Waals surface area contributed by atoms with Crippen molar-refractivity contribution in [3.8, 4) is 0 Å². The molecule has 1 saturated heterocycles. The first kappa shape index (κ1) is 27.7. The van der Waals surface area contributed by atoms with E-state index in [4.69, 9.17) is 0 Å². The van der Waals surface area contributed by atoms with E-state index in [1.165, 1.54) is 5.56 Å². The number of aliphatic hydroxyl groups excluding tert-OH is 1. The Morgan fingerprint density at radius 2 is 1.44 bits per heavy atom. The predicted molar refractivity (Wildman–Crippen MR) is 147 cm³/mol. The number of unbranched alkanes of at least 4 members (excludes halogenated alkanes) is 2. The van der Waals surface area contributed by atoms with Crippen LogP contribution in [-0.2, 0) is 16.0 Å². The van der Waals surface area contributed by atoms with Gasteiger partial charge < -0.3 is 14.9 Å². The molecule has 0 radical (unpaired) electrons. The first-order chi connectivity index (χ1) is 17.4. The van der Waals surface area contributed by atoms with E-state index < -0.39 is 17.7 Å². The van der Waals surface area contributed by atoms with Crippen LogP contribution in [0.5, 0.6) is 0 Å². The van der Waals surface area contributed by atoms with Gasteiger partial charge in [-0.25, -0.2) is 0 Å². The number of nitrogens with zero attached hydrogens (tertiary/aromatic N) is 2. The van der Waals surface area contributed by atoms with Crippen molar-refractivity contribution < 1.29 is 14.7 Å². The summed E-state index contributed by atoms with van der Waals surface area (Å²) in [5, 5.41) is 11.2. The lowest BCUT2D eigenvalue weighted by Crippen LogP contribution is -2.34. The Hall–Kier alpha value is -2.92. The van der Waals surface area contributed by atoms with Crippen LogP contribution in [0.1, 0.15) is 81.2 Å². The van der Waals surface area contributed by atoms with Crippen LogP contribution < -0.4 is 0 Å². The van der Waals surface area contributed by atoms with Gasteiger partial charge in [-0.05, 0) is 63.4 Å². The van der Waals surface area contributed by atoms with Crippen molar-refractivity contribution in [3.63, 3.8) is 0 Å². The first-order valence-electron chi connectivity index (χ1n) is 13.6. The molecule has 1 atom stereocenters. The zero-order valence-corrected chi connectivity index (χ0v) is 22.4. The van der Waals surface area contributed by atoms with E-state index in [9.17, 15) is 14.7 Å². The zero-order chi connectivity index (χ0) is 26.1. The van der Waals surface area contributed by atoms with Gasteiger partial charge in [0, 0.05) is 12.1 Å². The fourth-order valence-corrected chi connectivity index (χ4v) is 4.82. The molecule has 36 heavy (non-hydrogen) atoms. The third-order valence-corrected chi connectivity index (χ3v) is 7.10. The summed E-state index contributed by atoms with van der Waals surface area (Å²) >= 11 is 0. The number of Topliss-reactive ketones (excluding diaryl/α,β-unsaturated/α-hetero) is 1. The van der Waals surface area contributed by atoms with Gasteiger partial charge in [-0.3, -0.25) is 9.59 Å². The van der Waals surface area contributed by atoms with Gasteiger partial charge >= 0.3 is 0 Å². The normalized spacial score (nSPS) is 17.4. The average molecular weight is 491 g/mol. The number of aryl methyl sites for hydroxylation is 2. The second kappa shape index (κ2) is 13.4. The molecule has 0 unspecified atom stereocenters. The van der Waals surface area contributed by atoms with Crippen LogP contribution in [0.15, 0.2) is 54.1 Å². The molecule has 0 aliphatic carbocycles. The van der Waals surface area contributed by atoms with Gasteiger partial charge in [0.2, 0.25) is 0 Å². The smallest absolute Gasteiger partial charge is 0.295 e. The molecule has 1 aliphatic heterocycles. The molecule has 194 valence electrons. The monoisotopic (exact) mass is 490 g/mol. The summed E-state index contributed by atoms with van der Waals surface area (Å²) in [6.45, 7) is 12.0. The molecular formula is C31H42N2O3. The third-order valence-electron chi connectivity index (χ3n) is 7.10. The van der Waals surface area contributed by atoms with E-state index in [0.29, 0.717) is 12.1 Å². The number of carbonyl (C=O) groups excluding carboxylic acids is 2. The lowest BCUT2D eigenvalue weighted by atomic mass is 9.94. The summed E-state index contributed by atoms with van der Waals surface area (Å²) < 4.78 is 0. The number of benzene rings is 2. The minimum Gasteiger partial charge on any atom is -0.507 e. The number of hydrogen-bond donors (Lipinski definition) is 1. The number of aliphatic hydroxyl groups is 1. The SMILES string of the molecule is CCCCN(CCCC)CCCN1C(=O)C(=O)C(=C(O)c2ccc(C)cc2)[C@@H]1c1ccc(CC)cc1. The number of hydrogen-bond acceptors (Lipinski definition) is 4. The third kappa shape index (κ3) is 6.64. The molecule has 1 fully saturated rings. The molecule has 0 saturated carbocycles. The van der Waals surface area contributed by atoms with Crippen LogP contribution in [0, 0.1) is 6.92 Å². The van der Waals surface area contributed by atoms with Gasteiger partial charge in [0.25, 0.3) is 11.7 Å². The number of carbonyl (C=O) groups is 2. The Kier molecular flexibility index (Phi) is 10.3. The topological polar surface area (TPSA) is 60.9 Å². The molecule has 2 aromatic rings. The molecular weight excluding hydrogens is 448 g/mol. The Morgan fingerprint density at radius 3 is 2.00 bits per heavy atom. The van der Waals surface area contributed by atoms with Crippen molar-refractivity contribution >= 4 is 17.4 Å². The van der Waals surface area contributed by atoms with E-state index in [1.807, 2.05) is 43.3 Å². The summed E-state index contributed by atoms with van der Waals surface area (Å²) in [5.74, 6) is -1.23. The lowest BCUT2D eigenvalue weighted by molar-refractivity contribution is -0.140. The zero-order valence-electron chi connectivity index (χ0n) is 22.4. The molecule has 1 N–H and O–H groups in total. The van der Waals surface area contributed by atoms with Gasteiger partial charge in [-0.15, -0.1) is 0 Å². The highest BCUT2D eigenvalue weighted by Gasteiger charge is 2.45. The molecule has 2 aromatic carbocycles. The van der Waals surface area contributed by atoms with Gasteiger partial charge in [0.15, 0.2) is 0 Å². The van der Waals surface area contributed by atoms with Gasteiger partial charge in [0.1, 0.15) is 5.76 Å². The molecule has 1 aliphatic rings. The molecule has 3 rings (SSSR count). The molecule has 0 aromatic heterocycles. The average Bonchev–Trinajstić information content (AvgIpc) is 3.15. The fraction of sp³-hybridized carbons (Fsp3) is 0.484. The highest BCUT2D eigenvalue weighted by Crippen LogP contribution is 2.39. The quantitative estimate of drug-likeness (QED) is 0.204. The van der Waals surface area contributed by atoms with Crippen molar-refractivity contribution in [2.45, 2.75) is 72.3 Å². The van der Waals surface area contributed by atoms with Crippen molar-refractivity contribution in [1.29, 1.82) is 0 Å². The second-order valence-corrected chi connectivity index (χ2v) is 9.86. The predicted octanol–water partition coefficient (Wildman–Crippen LogP) is 6.27. The van der Waals surface area contributed by atoms with Crippen LogP contribution >= 0.6 is 0 Å². The van der Waals surface area contributed by atoms with E-state index in [2.05, 4.69) is 25.7 Å². The molecule has 1 amide bonds. The summed E-state index contributed by atoms with van der Waals surface area (Å²) in [7, 11) is 0. The number of likely N-dealkylation sites (tertiary alicyclic amines) is 1. The number of ketones is 1. The second-order valence-electron chi connectivity index (χ2n) is 9.86. The van der Waals surface area contributed by atoms with Crippen molar-refractivity contribution in [2.24, 2.45) is 0 Å². The molecule has 0 spiro atoms. The minimum atomic E-state index is -0.605. The Balaban J connectivity index is 1.91. The van der Waals surface area contributed by atoms with Crippen LogP contribution in [0.3, 0.4) is 0 Å². The van der Waals surface area contributed by atoms with Crippen molar-refractivity contribution in [2.75, 3.05) is 26.2 Å². The maximum atomic E-state index is 13.3. The molecule has 0 bridgehead atoms. The van der Waals surface area contributed by atoms with Crippen LogP contribution in [-0.4, -0.2) is 52.8 Å². The van der Waals surface area contributed by atoms with Gasteiger partial charge in [-0.2, -0.15) is 0 Å². The van der Waals surface area contributed by atoms with E-state index in [-0.39, 0.29) is 11.3 Å². The van der Waals surface area contributed by atoms with Gasteiger partial charge in [0.05, 0.1) is 11.6 Å². The van der Waals surface area contributed by atoms with Crippen LogP contribution in [0.2, 0.25) is 0 Å². The number of amides is 1. The highest BCUT2D eigenvalue weighted by atomic mass is 16.3. The molecule has 1 heterocycles. The fourth-order valence-electron chi connectivity index (χ4n) is 4.82. The standard InChI is InChI=1S/C31H42N2O3/c1-5-8-19-32(20-9-6-2)21-10-22-33-28(25-17-13-24(7-3)14-18-25)27(30(35)31(33)36)29(34)26-15-11-23(4)12-16-26/h11-18,28,34H,5-10,19-22H2,1-4H3/t28-/m0/s1. The highest BCUT2D eigenvalue weighted by molar-refractivity contribution is 6.46. The first-order valence-corrected chi connectivity index (χ1v) is 13.6. The summed E-state index contributed by atoms with van der Waals surface area (Å²) in [6, 6.07) is 14.9. The Bertz CT molecular complexity index is 1030. The Morgan fingerprint density at radius 1 is 0.861 bits per heavy atom. The van der Waals surface area contributed by atoms with Crippen molar-refractivity contribution in [1.82, 2.24) is 9.80 Å².